The summed E-state index contributed by atoms with van der Waals surface area (Å²) in [6, 6.07) is 0. The lowest BCUT2D eigenvalue weighted by Crippen LogP contribution is -1.89. The van der Waals surface area contributed by atoms with Crippen molar-refractivity contribution in [2.24, 2.45) is 0 Å². The van der Waals surface area contributed by atoms with Crippen LogP contribution >= 0.6 is 0 Å². The number of hydrogen-bond acceptors (Lipinski definition) is 1. The quantitative estimate of drug-likeness (QED) is 0.178. The van der Waals surface area contributed by atoms with Crippen LogP contribution in [0.4, 0.5) is 0 Å². The molecule has 0 aromatic heterocycles. The maximum absolute atomic E-state index is 10.8. The molecule has 0 aliphatic rings. The summed E-state index contributed by atoms with van der Waals surface area (Å²) in [7, 11) is 0. The third kappa shape index (κ3) is 22.6. The maximum Gasteiger partial charge on any atom is 0.129 e. The van der Waals surface area contributed by atoms with E-state index in [4.69, 9.17) is 0 Å². The molecule has 0 saturated carbocycles. The summed E-state index contributed by atoms with van der Waals surface area (Å²) in [6.45, 7) is 3.93. The molecule has 0 aromatic rings. The van der Waals surface area contributed by atoms with Crippen LogP contribution in [0.15, 0.2) is 48.6 Å². The zero-order chi connectivity index (χ0) is 19.1. The number of carbonyl (C=O) groups excluding carboxylic acids is 1. The van der Waals surface area contributed by atoms with Crippen molar-refractivity contribution in [1.29, 1.82) is 0 Å². The highest BCUT2D eigenvalue weighted by Crippen LogP contribution is 2.08. The Morgan fingerprint density at radius 1 is 0.577 bits per heavy atom. The van der Waals surface area contributed by atoms with Gasteiger partial charge in [0.25, 0.3) is 0 Å². The summed E-state index contributed by atoms with van der Waals surface area (Å²) >= 11 is 0. The molecule has 0 fully saturated rings. The highest BCUT2D eigenvalue weighted by Gasteiger charge is 1.93. The van der Waals surface area contributed by atoms with E-state index >= 15 is 0 Å². The first-order chi connectivity index (χ1) is 12.8. The number of Topliss-reactive ketones (excluding diaryl/α,β-unsaturated/α-hetero) is 1. The lowest BCUT2D eigenvalue weighted by molar-refractivity contribution is -0.117. The van der Waals surface area contributed by atoms with Crippen molar-refractivity contribution < 1.29 is 4.79 Å². The van der Waals surface area contributed by atoms with Gasteiger partial charge in [-0.3, -0.25) is 0 Å². The largest absolute Gasteiger partial charge is 0.300 e. The minimum Gasteiger partial charge on any atom is -0.300 e. The highest BCUT2D eigenvalue weighted by atomic mass is 16.1. The third-order valence-electron chi connectivity index (χ3n) is 4.36. The van der Waals surface area contributed by atoms with Crippen LogP contribution in [0.5, 0.6) is 0 Å². The molecule has 0 atom stereocenters. The molecule has 0 heterocycles. The molecule has 148 valence electrons. The zero-order valence-corrected chi connectivity index (χ0v) is 17.4. The maximum atomic E-state index is 10.8. The Balaban J connectivity index is 3.34. The zero-order valence-electron chi connectivity index (χ0n) is 17.4. The molecule has 0 rings (SSSR count). The van der Waals surface area contributed by atoms with Crippen molar-refractivity contribution in [1.82, 2.24) is 0 Å². The molecule has 0 unspecified atom stereocenters. The number of hydrogen-bond donors (Lipinski definition) is 0. The lowest BCUT2D eigenvalue weighted by atomic mass is 10.1. The topological polar surface area (TPSA) is 17.1 Å². The Hall–Kier alpha value is -1.37. The van der Waals surface area contributed by atoms with Gasteiger partial charge in [-0.25, -0.2) is 0 Å². The number of carbonyl (C=O) groups is 1. The summed E-state index contributed by atoms with van der Waals surface area (Å²) in [5.74, 6) is 0.325. The van der Waals surface area contributed by atoms with Gasteiger partial charge < -0.3 is 4.79 Å². The van der Waals surface area contributed by atoms with E-state index in [0.29, 0.717) is 5.78 Å². The van der Waals surface area contributed by atoms with Gasteiger partial charge in [-0.2, -0.15) is 0 Å². The van der Waals surface area contributed by atoms with Crippen LogP contribution in [0.3, 0.4) is 0 Å². The minimum atomic E-state index is 0.325. The Kier molecular flexibility index (Phi) is 20.5. The summed E-state index contributed by atoms with van der Waals surface area (Å²) < 4.78 is 0. The summed E-state index contributed by atoms with van der Waals surface area (Å²) in [5, 5.41) is 0. The summed E-state index contributed by atoms with van der Waals surface area (Å²) in [6.07, 6.45) is 34.6. The predicted molar refractivity (Wildman–Crippen MR) is 118 cm³/mol. The molecule has 0 N–H and O–H groups in total. The smallest absolute Gasteiger partial charge is 0.129 e. The van der Waals surface area contributed by atoms with Crippen LogP contribution in [0, 0.1) is 0 Å². The molecule has 0 aromatic carbocycles. The van der Waals surface area contributed by atoms with E-state index in [1.165, 1.54) is 57.8 Å². The Labute approximate surface area is 163 Å². The first kappa shape index (κ1) is 24.6. The fourth-order valence-electron chi connectivity index (χ4n) is 2.73. The van der Waals surface area contributed by atoms with Crippen LogP contribution in [-0.2, 0) is 4.79 Å². The van der Waals surface area contributed by atoms with Gasteiger partial charge in [0, 0.05) is 6.42 Å². The van der Waals surface area contributed by atoms with Crippen molar-refractivity contribution in [2.75, 3.05) is 0 Å². The van der Waals surface area contributed by atoms with Crippen LogP contribution in [0.2, 0.25) is 0 Å². The molecule has 0 bridgehead atoms. The fraction of sp³-hybridized carbons (Fsp3) is 0.640. The SMILES string of the molecule is CCCCC/C=C\C/C=C\C/C=C\C/C=C\CCCCCCCC(C)=O. The van der Waals surface area contributed by atoms with E-state index in [1.54, 1.807) is 6.92 Å². The molecule has 0 spiro atoms. The Bertz CT molecular complexity index is 412. The second-order valence-corrected chi connectivity index (χ2v) is 7.10. The average molecular weight is 359 g/mol. The third-order valence-corrected chi connectivity index (χ3v) is 4.36. The van der Waals surface area contributed by atoms with Crippen LogP contribution < -0.4 is 0 Å². The lowest BCUT2D eigenvalue weighted by Gasteiger charge is -1.98. The van der Waals surface area contributed by atoms with Gasteiger partial charge in [-0.1, -0.05) is 87.6 Å². The second-order valence-electron chi connectivity index (χ2n) is 7.10. The normalized spacial score (nSPS) is 12.4. The van der Waals surface area contributed by atoms with Crippen molar-refractivity contribution in [3.8, 4) is 0 Å². The first-order valence-electron chi connectivity index (χ1n) is 10.9. The Morgan fingerprint density at radius 2 is 1.00 bits per heavy atom. The van der Waals surface area contributed by atoms with E-state index in [2.05, 4.69) is 55.5 Å². The van der Waals surface area contributed by atoms with Crippen molar-refractivity contribution >= 4 is 5.78 Å². The number of allylic oxidation sites excluding steroid dienone is 8. The van der Waals surface area contributed by atoms with Gasteiger partial charge in [0.15, 0.2) is 0 Å². The van der Waals surface area contributed by atoms with E-state index in [-0.39, 0.29) is 0 Å². The predicted octanol–water partition coefficient (Wildman–Crippen LogP) is 8.28. The van der Waals surface area contributed by atoms with E-state index in [9.17, 15) is 4.79 Å². The van der Waals surface area contributed by atoms with Gasteiger partial charge in [0.1, 0.15) is 5.78 Å². The second kappa shape index (κ2) is 21.7. The van der Waals surface area contributed by atoms with Crippen LogP contribution in [-0.4, -0.2) is 5.78 Å². The van der Waals surface area contributed by atoms with E-state index < -0.39 is 0 Å². The summed E-state index contributed by atoms with van der Waals surface area (Å²) in [4.78, 5) is 10.8. The Morgan fingerprint density at radius 3 is 1.50 bits per heavy atom. The van der Waals surface area contributed by atoms with Crippen LogP contribution in [0.25, 0.3) is 0 Å². The molecular weight excluding hydrogens is 316 g/mol. The molecule has 1 heteroatoms. The number of unbranched alkanes of at least 4 members (excludes halogenated alkanes) is 8. The van der Waals surface area contributed by atoms with Gasteiger partial charge in [-0.15, -0.1) is 0 Å². The van der Waals surface area contributed by atoms with Crippen LogP contribution in [0.1, 0.15) is 104 Å². The van der Waals surface area contributed by atoms with Gasteiger partial charge in [0.2, 0.25) is 0 Å². The standard InChI is InChI=1S/C25H42O/c1-3-4-5-6-7-8-9-10-11-12-13-14-15-16-17-18-19-20-21-22-23-24-25(2)26/h7-8,10-11,13-14,16-17H,3-6,9,12,15,18-24H2,1-2H3/b8-7-,11-10-,14-13-,17-16-. The summed E-state index contributed by atoms with van der Waals surface area (Å²) in [5.41, 5.74) is 0. The van der Waals surface area contributed by atoms with Crippen molar-refractivity contribution in [2.45, 2.75) is 104 Å². The van der Waals surface area contributed by atoms with Crippen molar-refractivity contribution in [3.05, 3.63) is 48.6 Å². The molecule has 0 aliphatic carbocycles. The molecule has 0 aliphatic heterocycles. The van der Waals surface area contributed by atoms with Gasteiger partial charge >= 0.3 is 0 Å². The monoisotopic (exact) mass is 358 g/mol. The molecule has 0 saturated heterocycles. The molecule has 0 amide bonds. The van der Waals surface area contributed by atoms with Gasteiger partial charge in [0.05, 0.1) is 0 Å². The molecular formula is C25H42O. The fourth-order valence-corrected chi connectivity index (χ4v) is 2.73. The minimum absolute atomic E-state index is 0.325. The first-order valence-corrected chi connectivity index (χ1v) is 10.9. The van der Waals surface area contributed by atoms with E-state index in [0.717, 1.165) is 32.1 Å². The average Bonchev–Trinajstić information content (AvgIpc) is 2.62. The van der Waals surface area contributed by atoms with Crippen molar-refractivity contribution in [3.63, 3.8) is 0 Å². The highest BCUT2D eigenvalue weighted by molar-refractivity contribution is 5.75. The molecule has 26 heavy (non-hydrogen) atoms. The van der Waals surface area contributed by atoms with Gasteiger partial charge in [-0.05, 0) is 58.3 Å². The molecule has 0 radical (unpaired) electrons. The van der Waals surface area contributed by atoms with E-state index in [1.807, 2.05) is 0 Å². The molecule has 1 nitrogen and oxygen atoms in total. The number of ketones is 1. The number of rotatable bonds is 18.